The molecule has 0 spiro atoms. The summed E-state index contributed by atoms with van der Waals surface area (Å²) in [5, 5.41) is 0.362. The van der Waals surface area contributed by atoms with Crippen LogP contribution in [0, 0.1) is 0 Å². The normalized spacial score (nSPS) is 10.4. The number of hydrogen-bond donors (Lipinski definition) is 0. The van der Waals surface area contributed by atoms with Crippen molar-refractivity contribution in [1.29, 1.82) is 0 Å². The van der Waals surface area contributed by atoms with Crippen molar-refractivity contribution < 1.29 is 23.8 Å². The van der Waals surface area contributed by atoms with Crippen LogP contribution < -0.4 is 4.74 Å². The van der Waals surface area contributed by atoms with Gasteiger partial charge in [-0.05, 0) is 32.0 Å². The van der Waals surface area contributed by atoms with Gasteiger partial charge in [-0.1, -0.05) is 17.7 Å². The molecule has 1 aromatic carbocycles. The highest BCUT2D eigenvalue weighted by Crippen LogP contribution is 2.33. The molecule has 0 amide bonds. The van der Waals surface area contributed by atoms with E-state index in [2.05, 4.69) is 9.97 Å². The lowest BCUT2D eigenvalue weighted by Crippen LogP contribution is -2.26. The molecule has 1 aromatic heterocycles. The van der Waals surface area contributed by atoms with Crippen LogP contribution in [0.5, 0.6) is 11.8 Å². The molecule has 1 heterocycles. The molecular formula is C17H17ClN2O5. The summed E-state index contributed by atoms with van der Waals surface area (Å²) in [7, 11) is 0. The first-order valence-electron chi connectivity index (χ1n) is 7.64. The average molecular weight is 365 g/mol. The molecule has 0 N–H and O–H groups in total. The van der Waals surface area contributed by atoms with E-state index in [1.165, 1.54) is 24.5 Å². The lowest BCUT2D eigenvalue weighted by molar-refractivity contribution is -0.157. The van der Waals surface area contributed by atoms with E-state index in [0.29, 0.717) is 5.02 Å². The van der Waals surface area contributed by atoms with Gasteiger partial charge in [0.1, 0.15) is 5.75 Å². The number of hydrogen-bond acceptors (Lipinski definition) is 7. The molecule has 0 unspecified atom stereocenters. The van der Waals surface area contributed by atoms with Crippen molar-refractivity contribution in [2.75, 3.05) is 13.2 Å². The number of nitrogens with zero attached hydrogens (tertiary/aromatic N) is 2. The molecule has 2 rings (SSSR count). The van der Waals surface area contributed by atoms with Crippen molar-refractivity contribution in [2.45, 2.75) is 19.8 Å². The smallest absolute Gasteiger partial charge is 0.325 e. The molecule has 0 fully saturated rings. The van der Waals surface area contributed by atoms with Crippen LogP contribution in [-0.2, 0) is 19.1 Å². The van der Waals surface area contributed by atoms with E-state index in [-0.39, 0.29) is 30.5 Å². The maximum atomic E-state index is 12.3. The van der Waals surface area contributed by atoms with Gasteiger partial charge < -0.3 is 14.2 Å². The minimum absolute atomic E-state index is 0.0532. The van der Waals surface area contributed by atoms with Crippen LogP contribution in [0.15, 0.2) is 36.7 Å². The summed E-state index contributed by atoms with van der Waals surface area (Å²) in [6.07, 6.45) is 3.00. The van der Waals surface area contributed by atoms with Gasteiger partial charge in [-0.25, -0.2) is 9.97 Å². The fraction of sp³-hybridized carbons (Fsp3) is 0.294. The van der Waals surface area contributed by atoms with Crippen LogP contribution in [0.2, 0.25) is 5.02 Å². The number of ether oxygens (including phenoxy) is 3. The Hall–Kier alpha value is -2.67. The highest BCUT2D eigenvalue weighted by atomic mass is 35.5. The lowest BCUT2D eigenvalue weighted by Gasteiger charge is -2.17. The first-order valence-corrected chi connectivity index (χ1v) is 8.02. The molecule has 0 aliphatic heterocycles. The topological polar surface area (TPSA) is 87.6 Å². The van der Waals surface area contributed by atoms with E-state index in [0.717, 1.165) is 0 Å². The zero-order valence-corrected chi connectivity index (χ0v) is 14.5. The Balaban J connectivity index is 2.45. The molecule has 7 nitrogen and oxygen atoms in total. The van der Waals surface area contributed by atoms with Crippen molar-refractivity contribution in [3.63, 3.8) is 0 Å². The lowest BCUT2D eigenvalue weighted by atomic mass is 9.98. The molecule has 0 radical (unpaired) electrons. The van der Waals surface area contributed by atoms with Crippen molar-refractivity contribution in [3.05, 3.63) is 47.2 Å². The molecule has 2 aromatic rings. The molecule has 0 bridgehead atoms. The minimum atomic E-state index is -1.30. The number of esters is 2. The van der Waals surface area contributed by atoms with Gasteiger partial charge in [0.05, 0.1) is 13.2 Å². The Kier molecular flexibility index (Phi) is 6.71. The summed E-state index contributed by atoms with van der Waals surface area (Å²) in [4.78, 5) is 32.5. The van der Waals surface area contributed by atoms with E-state index >= 15 is 0 Å². The molecule has 132 valence electrons. The van der Waals surface area contributed by atoms with Gasteiger partial charge >= 0.3 is 17.9 Å². The van der Waals surface area contributed by atoms with E-state index in [9.17, 15) is 9.59 Å². The Morgan fingerprint density at radius 1 is 1.08 bits per heavy atom. The summed E-state index contributed by atoms with van der Waals surface area (Å²) in [6.45, 7) is 3.55. The van der Waals surface area contributed by atoms with Gasteiger partial charge in [-0.15, -0.1) is 0 Å². The second-order valence-corrected chi connectivity index (χ2v) is 5.19. The van der Waals surface area contributed by atoms with Crippen LogP contribution in [0.3, 0.4) is 0 Å². The number of carbonyl (C=O) groups is 2. The summed E-state index contributed by atoms with van der Waals surface area (Å²) in [5.41, 5.74) is 0.258. The van der Waals surface area contributed by atoms with Gasteiger partial charge in [0.15, 0.2) is 5.92 Å². The molecule has 8 heteroatoms. The number of carbonyl (C=O) groups excluding carboxylic acids is 2. The minimum Gasteiger partial charge on any atom is -0.465 e. The van der Waals surface area contributed by atoms with Crippen LogP contribution in [0.25, 0.3) is 0 Å². The predicted molar refractivity (Wildman–Crippen MR) is 89.6 cm³/mol. The number of rotatable bonds is 7. The predicted octanol–water partition coefficient (Wildman–Crippen LogP) is 3.13. The largest absolute Gasteiger partial charge is 0.465 e. The first-order chi connectivity index (χ1) is 12.1. The third-order valence-electron chi connectivity index (χ3n) is 3.07. The van der Waals surface area contributed by atoms with Crippen molar-refractivity contribution >= 4 is 23.5 Å². The monoisotopic (exact) mass is 364 g/mol. The Morgan fingerprint density at radius 2 is 1.68 bits per heavy atom. The second-order valence-electron chi connectivity index (χ2n) is 4.75. The summed E-state index contributed by atoms with van der Waals surface area (Å²) < 4.78 is 15.6. The van der Waals surface area contributed by atoms with Gasteiger partial charge in [0, 0.05) is 23.0 Å². The second kappa shape index (κ2) is 8.98. The van der Waals surface area contributed by atoms with E-state index in [1.807, 2.05) is 0 Å². The third-order valence-corrected chi connectivity index (χ3v) is 3.31. The van der Waals surface area contributed by atoms with E-state index < -0.39 is 17.9 Å². The summed E-state index contributed by atoms with van der Waals surface area (Å²) >= 11 is 6.02. The fourth-order valence-corrected chi connectivity index (χ4v) is 2.23. The fourth-order valence-electron chi connectivity index (χ4n) is 2.07. The SMILES string of the molecule is CCOC(=O)C(C(=O)OCC)c1ccc(Cl)cc1Oc1ncccn1. The van der Waals surface area contributed by atoms with Crippen LogP contribution in [0.1, 0.15) is 25.3 Å². The maximum Gasteiger partial charge on any atom is 0.325 e. The first kappa shape index (κ1) is 18.7. The molecule has 0 saturated heterocycles. The Morgan fingerprint density at radius 3 is 2.24 bits per heavy atom. The van der Waals surface area contributed by atoms with E-state index in [4.69, 9.17) is 25.8 Å². The zero-order valence-electron chi connectivity index (χ0n) is 13.8. The van der Waals surface area contributed by atoms with Gasteiger partial charge in [-0.3, -0.25) is 9.59 Å². The van der Waals surface area contributed by atoms with Crippen molar-refractivity contribution in [3.8, 4) is 11.8 Å². The Bertz CT molecular complexity index is 721. The highest BCUT2D eigenvalue weighted by Gasteiger charge is 2.34. The molecule has 0 saturated carbocycles. The molecule has 25 heavy (non-hydrogen) atoms. The van der Waals surface area contributed by atoms with Crippen molar-refractivity contribution in [2.24, 2.45) is 0 Å². The van der Waals surface area contributed by atoms with Gasteiger partial charge in [-0.2, -0.15) is 0 Å². The highest BCUT2D eigenvalue weighted by molar-refractivity contribution is 6.30. The molecule has 0 aliphatic rings. The number of benzene rings is 1. The van der Waals surface area contributed by atoms with Crippen LogP contribution in [0.4, 0.5) is 0 Å². The average Bonchev–Trinajstić information content (AvgIpc) is 2.58. The van der Waals surface area contributed by atoms with Crippen LogP contribution >= 0.6 is 11.6 Å². The summed E-state index contributed by atoms with van der Waals surface area (Å²) in [6, 6.07) is 6.21. The number of halogens is 1. The Labute approximate surface area is 149 Å². The molecule has 0 aliphatic carbocycles. The maximum absolute atomic E-state index is 12.3. The van der Waals surface area contributed by atoms with Gasteiger partial charge in [0.25, 0.3) is 0 Å². The summed E-state index contributed by atoms with van der Waals surface area (Å²) in [5.74, 6) is -2.59. The van der Waals surface area contributed by atoms with E-state index in [1.54, 1.807) is 26.0 Å². The van der Waals surface area contributed by atoms with Gasteiger partial charge in [0.2, 0.25) is 0 Å². The van der Waals surface area contributed by atoms with Crippen LogP contribution in [-0.4, -0.2) is 35.1 Å². The molecular weight excluding hydrogens is 348 g/mol. The standard InChI is InChI=1S/C17H17ClN2O5/c1-3-23-15(21)14(16(22)24-4-2)12-7-6-11(18)10-13(12)25-17-19-8-5-9-20-17/h5-10,14H,3-4H2,1-2H3. The quantitative estimate of drug-likeness (QED) is 0.550. The number of aromatic nitrogens is 2. The molecule has 0 atom stereocenters. The zero-order chi connectivity index (χ0) is 18.2. The third kappa shape index (κ3) is 4.90. The van der Waals surface area contributed by atoms with Crippen molar-refractivity contribution in [1.82, 2.24) is 9.97 Å².